The van der Waals surface area contributed by atoms with Crippen molar-refractivity contribution in [1.29, 1.82) is 0 Å². The highest BCUT2D eigenvalue weighted by Crippen LogP contribution is 2.24. The van der Waals surface area contributed by atoms with Crippen LogP contribution in [0, 0.1) is 13.8 Å². The summed E-state index contributed by atoms with van der Waals surface area (Å²) < 4.78 is 42.0. The van der Waals surface area contributed by atoms with Crippen LogP contribution in [0.15, 0.2) is 29.4 Å². The molecule has 0 aliphatic heterocycles. The first-order valence-corrected chi connectivity index (χ1v) is 9.81. The number of anilines is 1. The predicted octanol–water partition coefficient (Wildman–Crippen LogP) is 3.93. The van der Waals surface area contributed by atoms with Gasteiger partial charge in [0.15, 0.2) is 0 Å². The number of benzene rings is 1. The lowest BCUT2D eigenvalue weighted by molar-refractivity contribution is -0.274. The summed E-state index contributed by atoms with van der Waals surface area (Å²) in [4.78, 5) is 21.0. The largest absolute Gasteiger partial charge is 0.573 e. The summed E-state index contributed by atoms with van der Waals surface area (Å²) in [6.07, 6.45) is -2.25. The molecule has 0 bridgehead atoms. The SMILES string of the molecule is CSc1nc2nc(C)c(CCC(=O)Nc3ccc(OC(F)(F)F)cc3)c(C)n2n1. The second kappa shape index (κ2) is 8.27. The van der Waals surface area contributed by atoms with Gasteiger partial charge < -0.3 is 10.1 Å². The van der Waals surface area contributed by atoms with Gasteiger partial charge in [-0.25, -0.2) is 9.50 Å². The summed E-state index contributed by atoms with van der Waals surface area (Å²) in [5.41, 5.74) is 2.92. The molecule has 0 fully saturated rings. The Morgan fingerprint density at radius 3 is 2.52 bits per heavy atom. The van der Waals surface area contributed by atoms with Gasteiger partial charge in [0.2, 0.25) is 11.1 Å². The maximum Gasteiger partial charge on any atom is 0.573 e. The molecule has 0 aliphatic carbocycles. The van der Waals surface area contributed by atoms with E-state index in [-0.39, 0.29) is 18.1 Å². The van der Waals surface area contributed by atoms with E-state index in [0.29, 0.717) is 23.0 Å². The lowest BCUT2D eigenvalue weighted by Crippen LogP contribution is -2.17. The quantitative estimate of drug-likeness (QED) is 0.603. The molecule has 0 saturated carbocycles. The number of ether oxygens (including phenoxy) is 1. The molecular weight excluding hydrogens is 407 g/mol. The van der Waals surface area contributed by atoms with Crippen molar-refractivity contribution >= 4 is 29.1 Å². The van der Waals surface area contributed by atoms with Crippen molar-refractivity contribution in [2.45, 2.75) is 38.2 Å². The molecular formula is C18H18F3N5O2S. The topological polar surface area (TPSA) is 81.4 Å². The second-order valence-electron chi connectivity index (χ2n) is 6.19. The molecule has 11 heteroatoms. The number of halogens is 3. The van der Waals surface area contributed by atoms with Gasteiger partial charge >= 0.3 is 6.36 Å². The van der Waals surface area contributed by atoms with Crippen molar-refractivity contribution in [3.63, 3.8) is 0 Å². The highest BCUT2D eigenvalue weighted by Gasteiger charge is 2.31. The molecule has 2 heterocycles. The van der Waals surface area contributed by atoms with Gasteiger partial charge in [-0.1, -0.05) is 11.8 Å². The van der Waals surface area contributed by atoms with E-state index in [4.69, 9.17) is 0 Å². The summed E-state index contributed by atoms with van der Waals surface area (Å²) in [5, 5.41) is 7.65. The van der Waals surface area contributed by atoms with Gasteiger partial charge in [-0.2, -0.15) is 4.98 Å². The van der Waals surface area contributed by atoms with Crippen LogP contribution >= 0.6 is 11.8 Å². The molecule has 1 aromatic carbocycles. The van der Waals surface area contributed by atoms with Crippen LogP contribution in [0.25, 0.3) is 5.78 Å². The van der Waals surface area contributed by atoms with Gasteiger partial charge in [0, 0.05) is 23.5 Å². The van der Waals surface area contributed by atoms with Gasteiger partial charge in [-0.3, -0.25) is 4.79 Å². The fourth-order valence-corrected chi connectivity index (χ4v) is 3.18. The zero-order valence-electron chi connectivity index (χ0n) is 15.9. The number of carbonyl (C=O) groups excluding carboxylic acids is 1. The van der Waals surface area contributed by atoms with Crippen LogP contribution in [0.1, 0.15) is 23.4 Å². The number of carbonyl (C=O) groups is 1. The molecule has 3 aromatic rings. The average molecular weight is 425 g/mol. The van der Waals surface area contributed by atoms with Crippen molar-refractivity contribution in [2.75, 3.05) is 11.6 Å². The van der Waals surface area contributed by atoms with Gasteiger partial charge in [-0.15, -0.1) is 18.3 Å². The van der Waals surface area contributed by atoms with Crippen molar-refractivity contribution < 1.29 is 22.7 Å². The fraction of sp³-hybridized carbons (Fsp3) is 0.333. The van der Waals surface area contributed by atoms with Crippen molar-refractivity contribution in [3.05, 3.63) is 41.2 Å². The van der Waals surface area contributed by atoms with Gasteiger partial charge in [0.25, 0.3) is 5.78 Å². The van der Waals surface area contributed by atoms with Crippen LogP contribution in [0.4, 0.5) is 18.9 Å². The number of hydrogen-bond acceptors (Lipinski definition) is 6. The zero-order valence-corrected chi connectivity index (χ0v) is 16.7. The third kappa shape index (κ3) is 5.17. The molecule has 0 radical (unpaired) electrons. The Kier molecular flexibility index (Phi) is 5.96. The Morgan fingerprint density at radius 1 is 1.21 bits per heavy atom. The van der Waals surface area contributed by atoms with Gasteiger partial charge in [0.1, 0.15) is 5.75 Å². The summed E-state index contributed by atoms with van der Waals surface area (Å²) in [6, 6.07) is 4.98. The number of aromatic nitrogens is 4. The molecule has 154 valence electrons. The summed E-state index contributed by atoms with van der Waals surface area (Å²) in [7, 11) is 0. The summed E-state index contributed by atoms with van der Waals surface area (Å²) >= 11 is 1.42. The normalized spacial score (nSPS) is 11.7. The third-order valence-electron chi connectivity index (χ3n) is 4.19. The first kappa shape index (κ1) is 20.9. The molecule has 0 unspecified atom stereocenters. The van der Waals surface area contributed by atoms with Crippen molar-refractivity contribution in [2.24, 2.45) is 0 Å². The number of thioether (sulfide) groups is 1. The molecule has 7 nitrogen and oxygen atoms in total. The molecule has 0 spiro atoms. The van der Waals surface area contributed by atoms with Gasteiger partial charge in [0.05, 0.1) is 0 Å². The number of amides is 1. The van der Waals surface area contributed by atoms with Crippen LogP contribution in [-0.2, 0) is 11.2 Å². The molecule has 3 rings (SSSR count). The Morgan fingerprint density at radius 2 is 1.90 bits per heavy atom. The first-order chi connectivity index (χ1) is 13.7. The minimum atomic E-state index is -4.75. The van der Waals surface area contributed by atoms with Crippen LogP contribution < -0.4 is 10.1 Å². The molecule has 0 saturated heterocycles. The van der Waals surface area contributed by atoms with E-state index in [1.54, 1.807) is 4.52 Å². The number of rotatable bonds is 6. The Bertz CT molecular complexity index is 1030. The monoisotopic (exact) mass is 425 g/mol. The minimum absolute atomic E-state index is 0.180. The zero-order chi connectivity index (χ0) is 21.2. The van der Waals surface area contributed by atoms with E-state index in [9.17, 15) is 18.0 Å². The summed E-state index contributed by atoms with van der Waals surface area (Å²) in [5.74, 6) is -0.103. The predicted molar refractivity (Wildman–Crippen MR) is 102 cm³/mol. The highest BCUT2D eigenvalue weighted by molar-refractivity contribution is 7.98. The van der Waals surface area contributed by atoms with E-state index in [0.717, 1.165) is 29.1 Å². The van der Waals surface area contributed by atoms with Crippen LogP contribution in [-0.4, -0.2) is 38.1 Å². The standard InChI is InChI=1S/C18H18F3N5O2S/c1-10-14(11(2)26-16(22-10)24-17(25-26)29-3)8-9-15(27)23-12-4-6-13(7-5-12)28-18(19,20)21/h4-7H,8-9H2,1-3H3,(H,23,27). The van der Waals surface area contributed by atoms with Gasteiger partial charge in [-0.05, 0) is 56.4 Å². The maximum absolute atomic E-state index is 12.3. The minimum Gasteiger partial charge on any atom is -0.406 e. The molecule has 1 N–H and O–H groups in total. The lowest BCUT2D eigenvalue weighted by Gasteiger charge is -2.11. The second-order valence-corrected chi connectivity index (χ2v) is 6.97. The highest BCUT2D eigenvalue weighted by atomic mass is 32.2. The number of aryl methyl sites for hydroxylation is 2. The van der Waals surface area contributed by atoms with Crippen LogP contribution in [0.3, 0.4) is 0 Å². The third-order valence-corrected chi connectivity index (χ3v) is 4.72. The lowest BCUT2D eigenvalue weighted by atomic mass is 10.1. The Balaban J connectivity index is 1.65. The first-order valence-electron chi connectivity index (χ1n) is 8.59. The number of nitrogens with one attached hydrogen (secondary N) is 1. The number of fused-ring (bicyclic) bond motifs is 1. The van der Waals surface area contributed by atoms with E-state index >= 15 is 0 Å². The van der Waals surface area contributed by atoms with Crippen molar-refractivity contribution in [3.8, 4) is 5.75 Å². The molecule has 2 aromatic heterocycles. The van der Waals surface area contributed by atoms with E-state index in [1.807, 2.05) is 20.1 Å². The van der Waals surface area contributed by atoms with Crippen LogP contribution in [0.2, 0.25) is 0 Å². The van der Waals surface area contributed by atoms with Crippen LogP contribution in [0.5, 0.6) is 5.75 Å². The fourth-order valence-electron chi connectivity index (χ4n) is 2.84. The van der Waals surface area contributed by atoms with Crippen molar-refractivity contribution in [1.82, 2.24) is 19.6 Å². The number of nitrogens with zero attached hydrogens (tertiary/aromatic N) is 4. The number of alkyl halides is 3. The molecule has 29 heavy (non-hydrogen) atoms. The average Bonchev–Trinajstić information content (AvgIpc) is 3.05. The van der Waals surface area contributed by atoms with E-state index in [2.05, 4.69) is 25.1 Å². The molecule has 0 aliphatic rings. The van der Waals surface area contributed by atoms with E-state index < -0.39 is 6.36 Å². The molecule has 0 atom stereocenters. The molecule has 1 amide bonds. The smallest absolute Gasteiger partial charge is 0.406 e. The summed E-state index contributed by atoms with van der Waals surface area (Å²) in [6.45, 7) is 3.75. The Labute approximate surface area is 168 Å². The number of hydrogen-bond donors (Lipinski definition) is 1. The Hall–Kier alpha value is -2.82. The van der Waals surface area contributed by atoms with E-state index in [1.165, 1.54) is 23.9 Å². The maximum atomic E-state index is 12.3.